The van der Waals surface area contributed by atoms with Crippen LogP contribution < -0.4 is 11.2 Å². The van der Waals surface area contributed by atoms with Crippen molar-refractivity contribution in [3.05, 3.63) is 76.3 Å². The van der Waals surface area contributed by atoms with Crippen molar-refractivity contribution in [2.45, 2.75) is 25.3 Å². The van der Waals surface area contributed by atoms with Crippen molar-refractivity contribution in [3.8, 4) is 5.75 Å². The summed E-state index contributed by atoms with van der Waals surface area (Å²) in [6, 6.07) is 15.8. The standard InChI is InChI=1S/C27H29ClN4O3/c1-27(29,20-11-12-32(2)16-20)25(34)14-17-7-8-19(22-6-4-3-5-21(17)22)15-30-31-26(35)18-9-10-24(33)23(28)13-18/h3-10,13,15,20,33H,11-12,14,16,29H2,1-2H3,(H,31,35)/b30-15+. The van der Waals surface area contributed by atoms with E-state index in [9.17, 15) is 14.7 Å². The van der Waals surface area contributed by atoms with Crippen molar-refractivity contribution < 1.29 is 14.7 Å². The molecule has 0 bridgehead atoms. The minimum Gasteiger partial charge on any atom is -0.506 e. The molecule has 4 N–H and O–H groups in total. The molecule has 1 fully saturated rings. The summed E-state index contributed by atoms with van der Waals surface area (Å²) in [4.78, 5) is 27.8. The van der Waals surface area contributed by atoms with E-state index in [4.69, 9.17) is 17.3 Å². The van der Waals surface area contributed by atoms with Crippen LogP contribution in [-0.4, -0.2) is 53.6 Å². The number of ketones is 1. The monoisotopic (exact) mass is 492 g/mol. The highest BCUT2D eigenvalue weighted by Crippen LogP contribution is 2.29. The van der Waals surface area contributed by atoms with Gasteiger partial charge in [-0.25, -0.2) is 5.43 Å². The van der Waals surface area contributed by atoms with Gasteiger partial charge in [0.15, 0.2) is 5.78 Å². The number of amides is 1. The number of hydrogen-bond donors (Lipinski definition) is 3. The second kappa shape index (κ2) is 10.2. The highest BCUT2D eigenvalue weighted by molar-refractivity contribution is 6.32. The molecule has 182 valence electrons. The molecule has 1 saturated heterocycles. The molecule has 0 saturated carbocycles. The van der Waals surface area contributed by atoms with Gasteiger partial charge in [-0.1, -0.05) is 48.0 Å². The molecule has 0 aromatic heterocycles. The third kappa shape index (κ3) is 5.37. The zero-order chi connectivity index (χ0) is 25.2. The van der Waals surface area contributed by atoms with Crippen LogP contribution in [0.3, 0.4) is 0 Å². The predicted molar refractivity (Wildman–Crippen MR) is 139 cm³/mol. The van der Waals surface area contributed by atoms with Gasteiger partial charge in [-0.15, -0.1) is 0 Å². The van der Waals surface area contributed by atoms with Crippen LogP contribution in [-0.2, 0) is 11.2 Å². The van der Waals surface area contributed by atoms with Crippen LogP contribution in [0.5, 0.6) is 5.75 Å². The van der Waals surface area contributed by atoms with Gasteiger partial charge in [0, 0.05) is 24.1 Å². The average molecular weight is 493 g/mol. The summed E-state index contributed by atoms with van der Waals surface area (Å²) in [5, 5.41) is 15.6. The Labute approximate surface area is 209 Å². The summed E-state index contributed by atoms with van der Waals surface area (Å²) in [6.45, 7) is 3.64. The number of benzene rings is 3. The van der Waals surface area contributed by atoms with Crippen molar-refractivity contribution in [1.82, 2.24) is 10.3 Å². The quantitative estimate of drug-likeness (QED) is 0.344. The number of aromatic hydroxyl groups is 1. The number of carbonyl (C=O) groups is 2. The van der Waals surface area contributed by atoms with Gasteiger partial charge in [-0.2, -0.15) is 5.10 Å². The first-order valence-electron chi connectivity index (χ1n) is 11.5. The summed E-state index contributed by atoms with van der Waals surface area (Å²) < 4.78 is 0. The van der Waals surface area contributed by atoms with Gasteiger partial charge in [-0.05, 0) is 67.4 Å². The van der Waals surface area contributed by atoms with E-state index in [1.807, 2.05) is 43.3 Å². The second-order valence-electron chi connectivity index (χ2n) is 9.36. The van der Waals surface area contributed by atoms with Gasteiger partial charge in [0.1, 0.15) is 5.75 Å². The first-order chi connectivity index (χ1) is 16.7. The van der Waals surface area contributed by atoms with Gasteiger partial charge in [-0.3, -0.25) is 9.59 Å². The van der Waals surface area contributed by atoms with E-state index >= 15 is 0 Å². The Morgan fingerprint density at radius 1 is 1.23 bits per heavy atom. The molecule has 1 amide bonds. The molecule has 1 aliphatic heterocycles. The third-order valence-electron chi connectivity index (χ3n) is 6.82. The molecule has 8 heteroatoms. The lowest BCUT2D eigenvalue weighted by atomic mass is 9.79. The number of phenols is 1. The number of nitrogens with two attached hydrogens (primary N) is 1. The van der Waals surface area contributed by atoms with Crippen LogP contribution in [0.2, 0.25) is 5.02 Å². The normalized spacial score (nSPS) is 18.1. The maximum absolute atomic E-state index is 13.2. The molecule has 4 rings (SSSR count). The minimum absolute atomic E-state index is 0.0317. The molecule has 2 atom stereocenters. The Bertz CT molecular complexity index is 1300. The molecule has 1 aliphatic rings. The number of fused-ring (bicyclic) bond motifs is 1. The molecule has 1 heterocycles. The first-order valence-corrected chi connectivity index (χ1v) is 11.9. The van der Waals surface area contributed by atoms with Crippen LogP contribution in [0.25, 0.3) is 10.8 Å². The Morgan fingerprint density at radius 2 is 1.97 bits per heavy atom. The highest BCUT2D eigenvalue weighted by atomic mass is 35.5. The molecule has 3 aromatic carbocycles. The molecule has 0 aliphatic carbocycles. The second-order valence-corrected chi connectivity index (χ2v) is 9.76. The fourth-order valence-electron chi connectivity index (χ4n) is 4.54. The summed E-state index contributed by atoms with van der Waals surface area (Å²) in [7, 11) is 2.05. The number of phenolic OH excluding ortho intramolecular Hbond substituents is 1. The Hall–Kier alpha value is -3.26. The van der Waals surface area contributed by atoms with Crippen LogP contribution in [0.4, 0.5) is 0 Å². The van der Waals surface area contributed by atoms with Gasteiger partial charge in [0.25, 0.3) is 5.91 Å². The van der Waals surface area contributed by atoms with Crippen molar-refractivity contribution in [3.63, 3.8) is 0 Å². The molecule has 0 spiro atoms. The number of hydrazone groups is 1. The smallest absolute Gasteiger partial charge is 0.271 e. The minimum atomic E-state index is -0.882. The molecule has 7 nitrogen and oxygen atoms in total. The summed E-state index contributed by atoms with van der Waals surface area (Å²) in [5.74, 6) is -0.370. The number of rotatable bonds is 7. The summed E-state index contributed by atoms with van der Waals surface area (Å²) in [6.07, 6.45) is 2.74. The topological polar surface area (TPSA) is 108 Å². The van der Waals surface area contributed by atoms with Crippen LogP contribution >= 0.6 is 11.6 Å². The molecule has 0 radical (unpaired) electrons. The van der Waals surface area contributed by atoms with Crippen LogP contribution in [0, 0.1) is 5.92 Å². The average Bonchev–Trinajstić information content (AvgIpc) is 3.29. The van der Waals surface area contributed by atoms with Gasteiger partial charge in [0.05, 0.1) is 16.8 Å². The van der Waals surface area contributed by atoms with Crippen molar-refractivity contribution >= 4 is 40.3 Å². The molecule has 35 heavy (non-hydrogen) atoms. The molecular formula is C27H29ClN4O3. The Balaban J connectivity index is 1.52. The first kappa shape index (κ1) is 24.9. The fourth-order valence-corrected chi connectivity index (χ4v) is 4.72. The SMILES string of the molecule is CN1CCC(C(C)(N)C(=O)Cc2ccc(/C=N/NC(=O)c3ccc(O)c(Cl)c3)c3ccccc23)C1. The predicted octanol–water partition coefficient (Wildman–Crippen LogP) is 3.74. The zero-order valence-electron chi connectivity index (χ0n) is 19.8. The largest absolute Gasteiger partial charge is 0.506 e. The summed E-state index contributed by atoms with van der Waals surface area (Å²) in [5.41, 5.74) is 10.1. The maximum Gasteiger partial charge on any atom is 0.271 e. The number of likely N-dealkylation sites (tertiary alicyclic amines) is 1. The van der Waals surface area contributed by atoms with E-state index in [1.165, 1.54) is 18.2 Å². The van der Waals surface area contributed by atoms with E-state index in [0.717, 1.165) is 41.4 Å². The molecular weight excluding hydrogens is 464 g/mol. The maximum atomic E-state index is 13.2. The van der Waals surface area contributed by atoms with E-state index in [2.05, 4.69) is 22.5 Å². The number of nitrogens with zero attached hydrogens (tertiary/aromatic N) is 2. The number of carbonyl (C=O) groups excluding carboxylic acids is 2. The van der Waals surface area contributed by atoms with Gasteiger partial charge >= 0.3 is 0 Å². The number of halogens is 1. The highest BCUT2D eigenvalue weighted by Gasteiger charge is 2.40. The van der Waals surface area contributed by atoms with E-state index in [0.29, 0.717) is 0 Å². The third-order valence-corrected chi connectivity index (χ3v) is 7.12. The Kier molecular flexibility index (Phi) is 7.21. The Morgan fingerprint density at radius 3 is 2.66 bits per heavy atom. The molecule has 3 aromatic rings. The van der Waals surface area contributed by atoms with Crippen LogP contribution in [0.1, 0.15) is 34.8 Å². The molecule has 2 unspecified atom stereocenters. The van der Waals surface area contributed by atoms with Crippen molar-refractivity contribution in [2.24, 2.45) is 16.8 Å². The fraction of sp³-hybridized carbons (Fsp3) is 0.296. The van der Waals surface area contributed by atoms with E-state index in [1.54, 1.807) is 6.21 Å². The number of hydrogen-bond acceptors (Lipinski definition) is 6. The lowest BCUT2D eigenvalue weighted by Gasteiger charge is -2.30. The lowest BCUT2D eigenvalue weighted by molar-refractivity contribution is -0.124. The van der Waals surface area contributed by atoms with Gasteiger partial charge < -0.3 is 15.7 Å². The van der Waals surface area contributed by atoms with Crippen molar-refractivity contribution in [2.75, 3.05) is 20.1 Å². The lowest BCUT2D eigenvalue weighted by Crippen LogP contribution is -2.53. The number of nitrogens with one attached hydrogen (secondary N) is 1. The van der Waals surface area contributed by atoms with Crippen LogP contribution in [0.15, 0.2) is 59.7 Å². The summed E-state index contributed by atoms with van der Waals surface area (Å²) >= 11 is 5.87. The zero-order valence-corrected chi connectivity index (χ0v) is 20.5. The van der Waals surface area contributed by atoms with Gasteiger partial charge in [0.2, 0.25) is 0 Å². The van der Waals surface area contributed by atoms with Crippen molar-refractivity contribution in [1.29, 1.82) is 0 Å². The number of Topliss-reactive ketones (excluding diaryl/α,β-unsaturated/α-hetero) is 1. The van der Waals surface area contributed by atoms with E-state index in [-0.39, 0.29) is 34.5 Å². The van der Waals surface area contributed by atoms with E-state index < -0.39 is 11.4 Å².